The number of fused-ring (bicyclic) bond motifs is 18. The second kappa shape index (κ2) is 13.0. The molecule has 64 heavy (non-hydrogen) atoms. The minimum Gasteiger partial charge on any atom is -0.310 e. The number of nitrogens with zero attached hydrogens (tertiary/aromatic N) is 1. The van der Waals surface area contributed by atoms with Crippen molar-refractivity contribution in [2.75, 3.05) is 4.90 Å². The van der Waals surface area contributed by atoms with Crippen molar-refractivity contribution in [2.24, 2.45) is 0 Å². The molecule has 1 aromatic heterocycles. The highest BCUT2D eigenvalue weighted by Gasteiger charge is 2.52. The predicted octanol–water partition coefficient (Wildman–Crippen LogP) is 17.0. The van der Waals surface area contributed by atoms with E-state index in [2.05, 4.69) is 231 Å². The number of anilines is 3. The van der Waals surface area contributed by atoms with E-state index in [0.29, 0.717) is 0 Å². The average Bonchev–Trinajstić information content (AvgIpc) is 4.04. The van der Waals surface area contributed by atoms with Crippen LogP contribution in [0.1, 0.15) is 47.2 Å². The fraction of sp³-hybridized carbons (Fsp3) is 0.0645. The molecular formula is C62H41NS. The Balaban J connectivity index is 0.985. The molecule has 0 bridgehead atoms. The maximum atomic E-state index is 2.49. The minimum atomic E-state index is -0.444. The summed E-state index contributed by atoms with van der Waals surface area (Å²) in [4.78, 5) is 2.49. The molecule has 3 aliphatic rings. The molecule has 14 rings (SSSR count). The van der Waals surface area contributed by atoms with Gasteiger partial charge >= 0.3 is 0 Å². The van der Waals surface area contributed by atoms with Crippen molar-refractivity contribution >= 4 is 59.3 Å². The molecule has 0 saturated heterocycles. The predicted molar refractivity (Wildman–Crippen MR) is 271 cm³/mol. The van der Waals surface area contributed by atoms with Gasteiger partial charge in [0.2, 0.25) is 0 Å². The molecule has 1 spiro atoms. The fourth-order valence-electron chi connectivity index (χ4n) is 12.1. The average molecular weight is 832 g/mol. The van der Waals surface area contributed by atoms with E-state index in [9.17, 15) is 0 Å². The van der Waals surface area contributed by atoms with Gasteiger partial charge in [0.1, 0.15) is 0 Å². The van der Waals surface area contributed by atoms with Crippen LogP contribution in [0.5, 0.6) is 0 Å². The zero-order chi connectivity index (χ0) is 42.3. The first-order chi connectivity index (χ1) is 31.5. The van der Waals surface area contributed by atoms with E-state index in [1.165, 1.54) is 109 Å². The van der Waals surface area contributed by atoms with Crippen LogP contribution >= 0.6 is 11.3 Å². The maximum Gasteiger partial charge on any atom is 0.0731 e. The summed E-state index contributed by atoms with van der Waals surface area (Å²) in [5.41, 5.74) is 21.5. The summed E-state index contributed by atoms with van der Waals surface area (Å²) in [7, 11) is 0. The van der Waals surface area contributed by atoms with Crippen LogP contribution in [0.25, 0.3) is 75.5 Å². The summed E-state index contributed by atoms with van der Waals surface area (Å²) >= 11 is 1.89. The van der Waals surface area contributed by atoms with Gasteiger partial charge in [-0.2, -0.15) is 0 Å². The molecule has 1 atom stereocenters. The second-order valence-electron chi connectivity index (χ2n) is 18.3. The molecule has 2 heteroatoms. The third kappa shape index (κ3) is 4.68. The van der Waals surface area contributed by atoms with Gasteiger partial charge in [0.05, 0.1) is 5.41 Å². The largest absolute Gasteiger partial charge is 0.310 e. The number of thiophene rings is 1. The molecule has 1 heterocycles. The van der Waals surface area contributed by atoms with Crippen LogP contribution in [-0.2, 0) is 10.8 Å². The van der Waals surface area contributed by atoms with Gasteiger partial charge < -0.3 is 4.90 Å². The van der Waals surface area contributed by atoms with E-state index in [1.807, 2.05) is 11.3 Å². The minimum absolute atomic E-state index is 0.129. The van der Waals surface area contributed by atoms with Gasteiger partial charge in [0.25, 0.3) is 0 Å². The van der Waals surface area contributed by atoms with Gasteiger partial charge in [-0.15, -0.1) is 11.3 Å². The van der Waals surface area contributed by atoms with Crippen molar-refractivity contribution in [1.29, 1.82) is 0 Å². The molecule has 0 fully saturated rings. The number of benzene rings is 10. The van der Waals surface area contributed by atoms with Gasteiger partial charge in [-0.3, -0.25) is 0 Å². The highest BCUT2D eigenvalue weighted by Crippen LogP contribution is 2.64. The van der Waals surface area contributed by atoms with E-state index in [-0.39, 0.29) is 5.41 Å². The lowest BCUT2D eigenvalue weighted by Gasteiger charge is -2.32. The monoisotopic (exact) mass is 831 g/mol. The first kappa shape index (κ1) is 36.0. The molecule has 0 aliphatic heterocycles. The Morgan fingerprint density at radius 2 is 0.906 bits per heavy atom. The molecule has 0 N–H and O–H groups in total. The zero-order valence-electron chi connectivity index (χ0n) is 35.6. The summed E-state index contributed by atoms with van der Waals surface area (Å²) in [6.45, 7) is 4.75. The lowest BCUT2D eigenvalue weighted by molar-refractivity contribution is 0.660. The standard InChI is InChI=1S/C62H41NS/c1-61(2)53-22-9-5-16-45(53)48-34-31-42(37-57(48)61)63(40-29-26-39(27-30-40)44-20-13-21-51-49-19-8-12-25-58(49)64-60(44)51)41-32-35-56-52(36-41)47-18-7-11-24-55(47)62(56)54-23-10-6-17-46(54)50-33-28-38-14-3-4-15-43(38)59(50)62/h3-37H,1-2H3. The third-order valence-electron chi connectivity index (χ3n) is 14.9. The van der Waals surface area contributed by atoms with E-state index in [1.54, 1.807) is 0 Å². The molecule has 11 aromatic rings. The van der Waals surface area contributed by atoms with Gasteiger partial charge in [-0.25, -0.2) is 0 Å². The molecule has 1 nitrogen and oxygen atoms in total. The topological polar surface area (TPSA) is 3.24 Å². The number of hydrogen-bond acceptors (Lipinski definition) is 2. The Bertz CT molecular complexity index is 3770. The van der Waals surface area contributed by atoms with Crippen molar-refractivity contribution in [3.63, 3.8) is 0 Å². The van der Waals surface area contributed by atoms with E-state index in [0.717, 1.165) is 17.1 Å². The van der Waals surface area contributed by atoms with Crippen LogP contribution in [0.3, 0.4) is 0 Å². The summed E-state index contributed by atoms with van der Waals surface area (Å²) in [5.74, 6) is 0. The Labute approximate surface area is 377 Å². The molecule has 0 radical (unpaired) electrons. The quantitative estimate of drug-likeness (QED) is 0.171. The summed E-state index contributed by atoms with van der Waals surface area (Å²) < 4.78 is 2.66. The third-order valence-corrected chi connectivity index (χ3v) is 16.1. The normalized spacial score (nSPS) is 15.8. The highest BCUT2D eigenvalue weighted by molar-refractivity contribution is 7.26. The van der Waals surface area contributed by atoms with Crippen molar-refractivity contribution < 1.29 is 0 Å². The van der Waals surface area contributed by atoms with Crippen molar-refractivity contribution in [1.82, 2.24) is 0 Å². The lowest BCUT2D eigenvalue weighted by atomic mass is 9.69. The summed E-state index contributed by atoms with van der Waals surface area (Å²) in [6.07, 6.45) is 0. The van der Waals surface area contributed by atoms with Crippen LogP contribution in [0.2, 0.25) is 0 Å². The van der Waals surface area contributed by atoms with Crippen LogP contribution in [0.15, 0.2) is 212 Å². The van der Waals surface area contributed by atoms with Gasteiger partial charge in [-0.1, -0.05) is 184 Å². The number of rotatable bonds is 4. The van der Waals surface area contributed by atoms with Crippen LogP contribution in [0.4, 0.5) is 17.1 Å². The molecule has 0 amide bonds. The molecule has 1 unspecified atom stereocenters. The summed E-state index contributed by atoms with van der Waals surface area (Å²) in [5, 5.41) is 5.24. The lowest BCUT2D eigenvalue weighted by Crippen LogP contribution is -2.26. The van der Waals surface area contributed by atoms with Gasteiger partial charge in [0.15, 0.2) is 0 Å². The first-order valence-electron chi connectivity index (χ1n) is 22.4. The van der Waals surface area contributed by atoms with Crippen molar-refractivity contribution in [2.45, 2.75) is 24.7 Å². The number of hydrogen-bond donors (Lipinski definition) is 0. The van der Waals surface area contributed by atoms with Crippen LogP contribution in [-0.4, -0.2) is 0 Å². The van der Waals surface area contributed by atoms with Crippen LogP contribution < -0.4 is 4.90 Å². The second-order valence-corrected chi connectivity index (χ2v) is 19.4. The molecule has 3 aliphatic carbocycles. The molecule has 300 valence electrons. The molecular weight excluding hydrogens is 791 g/mol. The van der Waals surface area contributed by atoms with Gasteiger partial charge in [-0.05, 0) is 131 Å². The smallest absolute Gasteiger partial charge is 0.0731 e. The zero-order valence-corrected chi connectivity index (χ0v) is 36.4. The SMILES string of the molecule is CC1(C)c2ccccc2-c2ccc(N(c3ccc(-c4cccc5c4sc4ccccc45)cc3)c3ccc4c(c3)-c3ccccc3C43c4ccccc4-c4ccc5ccccc5c43)cc21. The Kier molecular flexibility index (Phi) is 7.32. The Morgan fingerprint density at radius 3 is 1.70 bits per heavy atom. The van der Waals surface area contributed by atoms with Gasteiger partial charge in [0, 0.05) is 42.6 Å². The van der Waals surface area contributed by atoms with Crippen LogP contribution in [0, 0.1) is 0 Å². The highest BCUT2D eigenvalue weighted by atomic mass is 32.1. The molecule has 10 aromatic carbocycles. The van der Waals surface area contributed by atoms with E-state index < -0.39 is 5.41 Å². The Morgan fingerprint density at radius 1 is 0.359 bits per heavy atom. The van der Waals surface area contributed by atoms with Crippen molar-refractivity contribution in [3.8, 4) is 44.5 Å². The Hall–Kier alpha value is -7.52. The first-order valence-corrected chi connectivity index (χ1v) is 23.2. The van der Waals surface area contributed by atoms with E-state index >= 15 is 0 Å². The van der Waals surface area contributed by atoms with Crippen molar-refractivity contribution in [3.05, 3.63) is 246 Å². The fourth-order valence-corrected chi connectivity index (χ4v) is 13.3. The molecule has 0 saturated carbocycles. The maximum absolute atomic E-state index is 2.49. The van der Waals surface area contributed by atoms with E-state index in [4.69, 9.17) is 0 Å². The summed E-state index contributed by atoms with van der Waals surface area (Å²) in [6, 6.07) is 80.2.